The first kappa shape index (κ1) is 15.8. The predicted molar refractivity (Wildman–Crippen MR) is 96.7 cm³/mol. The smallest absolute Gasteiger partial charge is 0.293 e. The van der Waals surface area contributed by atoms with Crippen LogP contribution in [0.15, 0.2) is 47.8 Å². The molecule has 3 aromatic heterocycles. The van der Waals surface area contributed by atoms with Gasteiger partial charge in [0, 0.05) is 56.9 Å². The molecule has 0 radical (unpaired) electrons. The molecule has 0 unspecified atom stereocenters. The van der Waals surface area contributed by atoms with E-state index in [0.717, 1.165) is 38.0 Å². The molecule has 0 saturated carbocycles. The third-order valence-corrected chi connectivity index (χ3v) is 4.81. The van der Waals surface area contributed by atoms with Crippen molar-refractivity contribution < 1.29 is 0 Å². The molecule has 0 aliphatic carbocycles. The summed E-state index contributed by atoms with van der Waals surface area (Å²) in [7, 11) is 1.76. The van der Waals surface area contributed by atoms with E-state index in [9.17, 15) is 4.79 Å². The Morgan fingerprint density at radius 3 is 3.16 bits per heavy atom. The van der Waals surface area contributed by atoms with Gasteiger partial charge in [-0.3, -0.25) is 4.79 Å². The lowest BCUT2D eigenvalue weighted by Gasteiger charge is -2.33. The zero-order valence-corrected chi connectivity index (χ0v) is 14.3. The highest BCUT2D eigenvalue weighted by Gasteiger charge is 2.23. The molecule has 7 nitrogen and oxygen atoms in total. The van der Waals surface area contributed by atoms with Crippen LogP contribution in [0, 0.1) is 0 Å². The Labute approximate surface area is 145 Å². The second-order valence-electron chi connectivity index (χ2n) is 6.53. The third kappa shape index (κ3) is 3.15. The highest BCUT2D eigenvalue weighted by atomic mass is 16.1. The molecule has 7 heteroatoms. The van der Waals surface area contributed by atoms with Gasteiger partial charge in [0.15, 0.2) is 5.82 Å². The van der Waals surface area contributed by atoms with Gasteiger partial charge >= 0.3 is 0 Å². The molecule has 0 bridgehead atoms. The molecule has 25 heavy (non-hydrogen) atoms. The zero-order chi connectivity index (χ0) is 17.2. The minimum Gasteiger partial charge on any atom is -0.350 e. The monoisotopic (exact) mass is 338 g/mol. The number of hydrogen-bond donors (Lipinski definition) is 1. The van der Waals surface area contributed by atoms with Crippen LogP contribution in [0.5, 0.6) is 0 Å². The van der Waals surface area contributed by atoms with Gasteiger partial charge in [-0.2, -0.15) is 5.10 Å². The maximum Gasteiger partial charge on any atom is 0.293 e. The van der Waals surface area contributed by atoms with Gasteiger partial charge in [0.05, 0.1) is 11.7 Å². The minimum absolute atomic E-state index is 0.0363. The van der Waals surface area contributed by atoms with Gasteiger partial charge in [-0.1, -0.05) is 6.07 Å². The lowest BCUT2D eigenvalue weighted by molar-refractivity contribution is 0.419. The number of nitrogens with one attached hydrogen (secondary N) is 1. The molecule has 4 rings (SSSR count). The number of pyridine rings is 1. The van der Waals surface area contributed by atoms with Gasteiger partial charge in [-0.05, 0) is 25.0 Å². The largest absolute Gasteiger partial charge is 0.350 e. The summed E-state index contributed by atoms with van der Waals surface area (Å²) in [4.78, 5) is 18.7. The maximum atomic E-state index is 12.3. The van der Waals surface area contributed by atoms with Crippen molar-refractivity contribution in [3.8, 4) is 0 Å². The number of fused-ring (bicyclic) bond motifs is 1. The van der Waals surface area contributed by atoms with E-state index < -0.39 is 0 Å². The van der Waals surface area contributed by atoms with Crippen LogP contribution >= 0.6 is 0 Å². The van der Waals surface area contributed by atoms with Crippen molar-refractivity contribution in [3.63, 3.8) is 0 Å². The minimum atomic E-state index is -0.0363. The number of aromatic nitrogens is 4. The van der Waals surface area contributed by atoms with Crippen molar-refractivity contribution in [1.29, 1.82) is 0 Å². The Kier molecular flexibility index (Phi) is 4.23. The van der Waals surface area contributed by atoms with Crippen molar-refractivity contribution in [1.82, 2.24) is 24.5 Å². The van der Waals surface area contributed by atoms with Crippen LogP contribution in [0.4, 0.5) is 5.82 Å². The Balaban J connectivity index is 1.45. The van der Waals surface area contributed by atoms with Gasteiger partial charge in [-0.15, -0.1) is 0 Å². The molecule has 1 atom stereocenters. The van der Waals surface area contributed by atoms with Gasteiger partial charge in [0.2, 0.25) is 0 Å². The van der Waals surface area contributed by atoms with Gasteiger partial charge in [0.25, 0.3) is 5.56 Å². The first-order chi connectivity index (χ1) is 12.2. The molecule has 0 spiro atoms. The zero-order valence-electron chi connectivity index (χ0n) is 14.3. The summed E-state index contributed by atoms with van der Waals surface area (Å²) in [6, 6.07) is 6.41. The molecule has 1 N–H and O–H groups in total. The van der Waals surface area contributed by atoms with Crippen LogP contribution < -0.4 is 15.8 Å². The number of piperidine rings is 1. The molecular formula is C18H22N6O. The number of hydrogen-bond acceptors (Lipinski definition) is 5. The van der Waals surface area contributed by atoms with Gasteiger partial charge < -0.3 is 14.8 Å². The first-order valence-electron chi connectivity index (χ1n) is 8.63. The molecule has 1 aliphatic heterocycles. The summed E-state index contributed by atoms with van der Waals surface area (Å²) in [5, 5.41) is 8.00. The lowest BCUT2D eigenvalue weighted by atomic mass is 10.1. The standard InChI is InChI=1S/C18H22N6O/c1-22-10-7-19-17(18(22)25)23-8-4-5-15(13-23)20-11-14-12-21-24-9-3-2-6-16(14)24/h2-3,6-7,9-10,12,15,20H,4-5,8,11,13H2,1H3/t15-/m1/s1. The van der Waals surface area contributed by atoms with E-state index >= 15 is 0 Å². The van der Waals surface area contributed by atoms with E-state index in [1.54, 1.807) is 24.0 Å². The highest BCUT2D eigenvalue weighted by Crippen LogP contribution is 2.16. The number of nitrogens with zero attached hydrogens (tertiary/aromatic N) is 5. The van der Waals surface area contributed by atoms with Crippen LogP contribution in [0.1, 0.15) is 18.4 Å². The summed E-state index contributed by atoms with van der Waals surface area (Å²) < 4.78 is 3.47. The normalized spacial score (nSPS) is 18.0. The molecule has 130 valence electrons. The van der Waals surface area contributed by atoms with E-state index in [1.165, 1.54) is 5.56 Å². The lowest BCUT2D eigenvalue weighted by Crippen LogP contribution is -2.47. The summed E-state index contributed by atoms with van der Waals surface area (Å²) in [5.41, 5.74) is 2.28. The van der Waals surface area contributed by atoms with Crippen LogP contribution in [0.2, 0.25) is 0 Å². The molecule has 1 fully saturated rings. The Hall–Kier alpha value is -2.67. The van der Waals surface area contributed by atoms with Crippen molar-refractivity contribution in [3.05, 3.63) is 58.9 Å². The molecule has 0 amide bonds. The molecule has 4 heterocycles. The fourth-order valence-corrected chi connectivity index (χ4v) is 3.42. The topological polar surface area (TPSA) is 67.5 Å². The van der Waals surface area contributed by atoms with E-state index in [0.29, 0.717) is 11.9 Å². The predicted octanol–water partition coefficient (Wildman–Crippen LogP) is 1.19. The molecular weight excluding hydrogens is 316 g/mol. The van der Waals surface area contributed by atoms with E-state index in [-0.39, 0.29) is 5.56 Å². The average Bonchev–Trinajstić information content (AvgIpc) is 3.06. The van der Waals surface area contributed by atoms with Crippen LogP contribution in [0.25, 0.3) is 5.52 Å². The summed E-state index contributed by atoms with van der Waals surface area (Å²) in [6.07, 6.45) is 9.40. The summed E-state index contributed by atoms with van der Waals surface area (Å²) in [6.45, 7) is 2.44. The highest BCUT2D eigenvalue weighted by molar-refractivity contribution is 5.53. The fraction of sp³-hybridized carbons (Fsp3) is 0.389. The molecule has 1 aliphatic rings. The number of anilines is 1. The van der Waals surface area contributed by atoms with Crippen molar-refractivity contribution >= 4 is 11.3 Å². The van der Waals surface area contributed by atoms with Crippen molar-refractivity contribution in [2.75, 3.05) is 18.0 Å². The summed E-state index contributed by atoms with van der Waals surface area (Å²) >= 11 is 0. The van der Waals surface area contributed by atoms with Crippen LogP contribution in [-0.4, -0.2) is 38.3 Å². The molecule has 1 saturated heterocycles. The SMILES string of the molecule is Cn1ccnc(N2CCC[C@@H](NCc3cnn4ccccc34)C2)c1=O. The second-order valence-corrected chi connectivity index (χ2v) is 6.53. The number of aryl methyl sites for hydroxylation is 1. The number of rotatable bonds is 4. The van der Waals surface area contributed by atoms with Crippen LogP contribution in [-0.2, 0) is 13.6 Å². The first-order valence-corrected chi connectivity index (χ1v) is 8.63. The Bertz CT molecular complexity index is 930. The maximum absolute atomic E-state index is 12.3. The van der Waals surface area contributed by atoms with Crippen molar-refractivity contribution in [2.24, 2.45) is 7.05 Å². The Morgan fingerprint density at radius 1 is 1.32 bits per heavy atom. The van der Waals surface area contributed by atoms with E-state index in [4.69, 9.17) is 0 Å². The van der Waals surface area contributed by atoms with Gasteiger partial charge in [0.1, 0.15) is 0 Å². The third-order valence-electron chi connectivity index (χ3n) is 4.81. The average molecular weight is 338 g/mol. The molecule has 3 aromatic rings. The van der Waals surface area contributed by atoms with Crippen LogP contribution in [0.3, 0.4) is 0 Å². The van der Waals surface area contributed by atoms with E-state index in [1.807, 2.05) is 29.0 Å². The Morgan fingerprint density at radius 2 is 2.24 bits per heavy atom. The quantitative estimate of drug-likeness (QED) is 0.774. The van der Waals surface area contributed by atoms with E-state index in [2.05, 4.69) is 26.4 Å². The molecule has 0 aromatic carbocycles. The summed E-state index contributed by atoms with van der Waals surface area (Å²) in [5.74, 6) is 0.549. The fourth-order valence-electron chi connectivity index (χ4n) is 3.42. The second kappa shape index (κ2) is 6.68. The van der Waals surface area contributed by atoms with Crippen molar-refractivity contribution in [2.45, 2.75) is 25.4 Å². The van der Waals surface area contributed by atoms with Gasteiger partial charge in [-0.25, -0.2) is 9.50 Å².